The summed E-state index contributed by atoms with van der Waals surface area (Å²) in [5, 5.41) is 24.0. The fourth-order valence-corrected chi connectivity index (χ4v) is 3.42. The average molecular weight is 380 g/mol. The van der Waals surface area contributed by atoms with Gasteiger partial charge >= 0.3 is 0 Å². The van der Waals surface area contributed by atoms with Gasteiger partial charge in [0.25, 0.3) is 0 Å². The van der Waals surface area contributed by atoms with Crippen LogP contribution in [0.15, 0.2) is 59.6 Å². The predicted molar refractivity (Wildman–Crippen MR) is 111 cm³/mol. The summed E-state index contributed by atoms with van der Waals surface area (Å²) in [4.78, 5) is 8.93. The summed E-state index contributed by atoms with van der Waals surface area (Å²) in [7, 11) is 0. The zero-order chi connectivity index (χ0) is 20.4. The van der Waals surface area contributed by atoms with Gasteiger partial charge in [0, 0.05) is 5.56 Å². The van der Waals surface area contributed by atoms with Crippen LogP contribution in [-0.2, 0) is 0 Å². The highest BCUT2D eigenvalue weighted by molar-refractivity contribution is 5.98. The van der Waals surface area contributed by atoms with Gasteiger partial charge in [-0.1, -0.05) is 54.6 Å². The summed E-state index contributed by atoms with van der Waals surface area (Å²) < 4.78 is 0. The van der Waals surface area contributed by atoms with Crippen molar-refractivity contribution in [2.45, 2.75) is 6.04 Å². The number of nitriles is 2. The van der Waals surface area contributed by atoms with Crippen LogP contribution in [-0.4, -0.2) is 10.9 Å². The highest BCUT2D eigenvalue weighted by Gasteiger charge is 2.30. The van der Waals surface area contributed by atoms with Crippen LogP contribution in [0.25, 0.3) is 11.1 Å². The maximum Gasteiger partial charge on any atom is 0.211 e. The Morgan fingerprint density at radius 3 is 2.45 bits per heavy atom. The molecule has 0 saturated heterocycles. The van der Waals surface area contributed by atoms with Crippen molar-refractivity contribution in [1.29, 1.82) is 10.5 Å². The molecule has 1 atom stereocenters. The van der Waals surface area contributed by atoms with Crippen LogP contribution in [0.2, 0.25) is 0 Å². The van der Waals surface area contributed by atoms with Crippen LogP contribution in [0, 0.1) is 22.8 Å². The normalized spacial score (nSPS) is 14.6. The number of nitrogens with zero attached hydrogens (tertiary/aromatic N) is 4. The molecule has 0 spiro atoms. The average Bonchev–Trinajstić information content (AvgIpc) is 2.74. The number of aliphatic imine (C=N–C) groups is 1. The van der Waals surface area contributed by atoms with Gasteiger partial charge in [0.05, 0.1) is 5.69 Å². The lowest BCUT2D eigenvalue weighted by Gasteiger charge is -2.27. The SMILES string of the molecule is N#CNC1=NC(c2ccccc2-c2ccccc2)c2c(nc(N)c(C#N)c2N)N1. The number of rotatable bonds is 2. The number of anilines is 3. The Bertz CT molecular complexity index is 1200. The molecular formula is C21H16N8. The zero-order valence-electron chi connectivity index (χ0n) is 15.2. The Hall–Kier alpha value is -4.56. The minimum atomic E-state index is -0.585. The smallest absolute Gasteiger partial charge is 0.211 e. The van der Waals surface area contributed by atoms with Crippen molar-refractivity contribution in [3.63, 3.8) is 0 Å². The van der Waals surface area contributed by atoms with Crippen LogP contribution >= 0.6 is 0 Å². The molecule has 4 rings (SSSR count). The van der Waals surface area contributed by atoms with Crippen molar-refractivity contribution >= 4 is 23.3 Å². The molecule has 2 heterocycles. The molecule has 0 amide bonds. The first kappa shape index (κ1) is 17.8. The van der Waals surface area contributed by atoms with Gasteiger partial charge in [-0.15, -0.1) is 0 Å². The van der Waals surface area contributed by atoms with E-state index in [-0.39, 0.29) is 23.0 Å². The first-order valence-corrected chi connectivity index (χ1v) is 8.77. The molecule has 1 unspecified atom stereocenters. The Morgan fingerprint density at radius 2 is 1.72 bits per heavy atom. The summed E-state index contributed by atoms with van der Waals surface area (Å²) in [6.45, 7) is 0. The second-order valence-corrected chi connectivity index (χ2v) is 6.36. The van der Waals surface area contributed by atoms with Crippen LogP contribution in [0.4, 0.5) is 17.3 Å². The van der Waals surface area contributed by atoms with Crippen molar-refractivity contribution in [3.8, 4) is 23.4 Å². The van der Waals surface area contributed by atoms with E-state index in [1.807, 2.05) is 66.9 Å². The van der Waals surface area contributed by atoms with Crippen molar-refractivity contribution in [2.75, 3.05) is 16.8 Å². The van der Waals surface area contributed by atoms with Gasteiger partial charge in [-0.25, -0.2) is 9.98 Å². The minimum Gasteiger partial charge on any atom is -0.397 e. The molecule has 0 bridgehead atoms. The number of fused-ring (bicyclic) bond motifs is 1. The molecule has 0 aliphatic carbocycles. The van der Waals surface area contributed by atoms with Crippen molar-refractivity contribution in [1.82, 2.24) is 10.3 Å². The quantitative estimate of drug-likeness (QED) is 0.394. The third-order valence-corrected chi connectivity index (χ3v) is 4.70. The molecule has 0 radical (unpaired) electrons. The molecule has 2 aromatic carbocycles. The van der Waals surface area contributed by atoms with E-state index in [2.05, 4.69) is 20.6 Å². The lowest BCUT2D eigenvalue weighted by atomic mass is 9.89. The third kappa shape index (κ3) is 3.05. The molecule has 140 valence electrons. The molecule has 1 aliphatic rings. The Kier molecular flexibility index (Phi) is 4.44. The summed E-state index contributed by atoms with van der Waals surface area (Å²) in [5.41, 5.74) is 15.9. The molecule has 8 heteroatoms. The molecule has 6 N–H and O–H groups in total. The van der Waals surface area contributed by atoms with Crippen molar-refractivity contribution < 1.29 is 0 Å². The van der Waals surface area contributed by atoms with Crippen LogP contribution < -0.4 is 22.1 Å². The van der Waals surface area contributed by atoms with Gasteiger partial charge < -0.3 is 16.8 Å². The van der Waals surface area contributed by atoms with E-state index in [0.29, 0.717) is 11.4 Å². The largest absolute Gasteiger partial charge is 0.397 e. The van der Waals surface area contributed by atoms with Gasteiger partial charge in [0.15, 0.2) is 6.19 Å². The first-order chi connectivity index (χ1) is 14.1. The molecule has 3 aromatic rings. The van der Waals surface area contributed by atoms with E-state index in [4.69, 9.17) is 16.7 Å². The van der Waals surface area contributed by atoms with E-state index in [1.54, 1.807) is 0 Å². The zero-order valence-corrected chi connectivity index (χ0v) is 15.2. The van der Waals surface area contributed by atoms with E-state index >= 15 is 0 Å². The van der Waals surface area contributed by atoms with Gasteiger partial charge in [0.1, 0.15) is 29.3 Å². The second kappa shape index (κ2) is 7.22. The number of nitrogens with one attached hydrogen (secondary N) is 2. The van der Waals surface area contributed by atoms with E-state index < -0.39 is 6.04 Å². The number of hydrogen-bond donors (Lipinski definition) is 4. The first-order valence-electron chi connectivity index (χ1n) is 8.77. The maximum absolute atomic E-state index is 9.46. The predicted octanol–water partition coefficient (Wildman–Crippen LogP) is 2.73. The van der Waals surface area contributed by atoms with Crippen LogP contribution in [0.1, 0.15) is 22.7 Å². The number of guanidine groups is 1. The second-order valence-electron chi connectivity index (χ2n) is 6.36. The molecule has 8 nitrogen and oxygen atoms in total. The molecule has 1 aliphatic heterocycles. The number of nitrogens with two attached hydrogens (primary N) is 2. The number of nitrogen functional groups attached to an aromatic ring is 2. The number of aromatic nitrogens is 1. The Morgan fingerprint density at radius 1 is 1.00 bits per heavy atom. The lowest BCUT2D eigenvalue weighted by molar-refractivity contribution is 0.848. The van der Waals surface area contributed by atoms with Crippen LogP contribution in [0.5, 0.6) is 0 Å². The number of pyridine rings is 1. The summed E-state index contributed by atoms with van der Waals surface area (Å²) in [6, 6.07) is 19.1. The van der Waals surface area contributed by atoms with E-state index in [1.165, 1.54) is 0 Å². The number of benzene rings is 2. The van der Waals surface area contributed by atoms with E-state index in [9.17, 15) is 5.26 Å². The van der Waals surface area contributed by atoms with Gasteiger partial charge in [0.2, 0.25) is 5.96 Å². The highest BCUT2D eigenvalue weighted by Crippen LogP contribution is 2.43. The summed E-state index contributed by atoms with van der Waals surface area (Å²) >= 11 is 0. The molecule has 0 saturated carbocycles. The topological polar surface area (TPSA) is 149 Å². The number of hydrogen-bond acceptors (Lipinski definition) is 8. The van der Waals surface area contributed by atoms with Crippen molar-refractivity contribution in [3.05, 3.63) is 71.3 Å². The standard InChI is InChI=1S/C21H16N8/c22-10-15-17(24)16-18(27-21(26-11-23)29-20(16)28-19(15)25)14-9-5-4-8-13(14)12-6-2-1-3-7-12/h1-9,18H,(H6,24,25,26,27,28,29). The Balaban J connectivity index is 1.98. The monoisotopic (exact) mass is 380 g/mol. The summed E-state index contributed by atoms with van der Waals surface area (Å²) in [5.74, 6) is 0.605. The Labute approximate surface area is 167 Å². The fraction of sp³-hybridized carbons (Fsp3) is 0.0476. The third-order valence-electron chi connectivity index (χ3n) is 4.70. The van der Waals surface area contributed by atoms with E-state index in [0.717, 1.165) is 16.7 Å². The van der Waals surface area contributed by atoms with Gasteiger partial charge in [-0.05, 0) is 16.7 Å². The summed E-state index contributed by atoms with van der Waals surface area (Å²) in [6.07, 6.45) is 1.85. The molecule has 29 heavy (non-hydrogen) atoms. The maximum atomic E-state index is 9.46. The fourth-order valence-electron chi connectivity index (χ4n) is 3.42. The van der Waals surface area contributed by atoms with Gasteiger partial charge in [-0.2, -0.15) is 10.5 Å². The molecular weight excluding hydrogens is 364 g/mol. The van der Waals surface area contributed by atoms with Crippen molar-refractivity contribution in [2.24, 2.45) is 4.99 Å². The van der Waals surface area contributed by atoms with Gasteiger partial charge in [-0.3, -0.25) is 5.32 Å². The molecule has 1 aromatic heterocycles. The molecule has 0 fully saturated rings. The van der Waals surface area contributed by atoms with Crippen LogP contribution in [0.3, 0.4) is 0 Å². The lowest BCUT2D eigenvalue weighted by Crippen LogP contribution is -2.32. The highest BCUT2D eigenvalue weighted by atomic mass is 15.2. The minimum absolute atomic E-state index is 0.0181.